The molecular weight excluding hydrogens is 201 g/mol. The molecule has 0 aromatic heterocycles. The summed E-state index contributed by atoms with van der Waals surface area (Å²) in [5.41, 5.74) is 0.755. The molecule has 0 N–H and O–H groups in total. The second-order valence-corrected chi connectivity index (χ2v) is 4.30. The van der Waals surface area contributed by atoms with Crippen LogP contribution < -0.4 is 0 Å². The molecule has 0 amide bonds. The molecule has 0 spiro atoms. The first kappa shape index (κ1) is 12.7. The summed E-state index contributed by atoms with van der Waals surface area (Å²) in [7, 11) is 0. The average Bonchev–Trinajstić information content (AvgIpc) is 2.31. The van der Waals surface area contributed by atoms with Crippen molar-refractivity contribution >= 4 is 0 Å². The SMILES string of the molecule is CCCC(C#N)(CC)Cc1ccc(F)cc1. The van der Waals surface area contributed by atoms with Crippen LogP contribution in [0.4, 0.5) is 4.39 Å². The highest BCUT2D eigenvalue weighted by Gasteiger charge is 2.27. The first-order valence-electron chi connectivity index (χ1n) is 5.81. The number of hydrogen-bond acceptors (Lipinski definition) is 1. The van der Waals surface area contributed by atoms with Gasteiger partial charge in [-0.2, -0.15) is 5.26 Å². The van der Waals surface area contributed by atoms with E-state index < -0.39 is 0 Å². The molecule has 1 aromatic carbocycles. The van der Waals surface area contributed by atoms with Crippen LogP contribution in [0.2, 0.25) is 0 Å². The third-order valence-corrected chi connectivity index (χ3v) is 3.10. The van der Waals surface area contributed by atoms with Gasteiger partial charge in [-0.05, 0) is 37.0 Å². The van der Waals surface area contributed by atoms with E-state index in [1.54, 1.807) is 12.1 Å². The van der Waals surface area contributed by atoms with E-state index in [0.717, 1.165) is 24.8 Å². The van der Waals surface area contributed by atoms with Crippen LogP contribution in [0, 0.1) is 22.6 Å². The van der Waals surface area contributed by atoms with Gasteiger partial charge in [0.25, 0.3) is 0 Å². The van der Waals surface area contributed by atoms with E-state index in [2.05, 4.69) is 13.0 Å². The topological polar surface area (TPSA) is 23.8 Å². The number of nitriles is 1. The molecular formula is C14H18FN. The summed E-state index contributed by atoms with van der Waals surface area (Å²) in [6.07, 6.45) is 3.46. The number of rotatable bonds is 5. The average molecular weight is 219 g/mol. The highest BCUT2D eigenvalue weighted by Crippen LogP contribution is 2.31. The molecule has 0 saturated carbocycles. The number of benzene rings is 1. The van der Waals surface area contributed by atoms with Gasteiger partial charge in [0.05, 0.1) is 11.5 Å². The molecule has 0 aliphatic rings. The van der Waals surface area contributed by atoms with Gasteiger partial charge in [-0.3, -0.25) is 0 Å². The van der Waals surface area contributed by atoms with E-state index in [9.17, 15) is 9.65 Å². The second-order valence-electron chi connectivity index (χ2n) is 4.30. The summed E-state index contributed by atoms with van der Waals surface area (Å²) >= 11 is 0. The molecule has 0 radical (unpaired) electrons. The standard InChI is InChI=1S/C14H18FN/c1-3-9-14(4-2,11-16)10-12-5-7-13(15)8-6-12/h5-8H,3-4,9-10H2,1-2H3. The number of hydrogen-bond donors (Lipinski definition) is 0. The maximum absolute atomic E-state index is 12.8. The van der Waals surface area contributed by atoms with Gasteiger partial charge in [-0.1, -0.05) is 32.4 Å². The molecule has 0 heterocycles. The summed E-state index contributed by atoms with van der Waals surface area (Å²) in [6.45, 7) is 4.13. The molecule has 16 heavy (non-hydrogen) atoms. The van der Waals surface area contributed by atoms with E-state index >= 15 is 0 Å². The maximum atomic E-state index is 12.8. The normalized spacial score (nSPS) is 14.1. The molecule has 0 fully saturated rings. The van der Waals surface area contributed by atoms with Crippen molar-refractivity contribution in [1.29, 1.82) is 5.26 Å². The van der Waals surface area contributed by atoms with Crippen molar-refractivity contribution in [3.8, 4) is 6.07 Å². The van der Waals surface area contributed by atoms with E-state index in [4.69, 9.17) is 0 Å². The van der Waals surface area contributed by atoms with Crippen molar-refractivity contribution in [2.75, 3.05) is 0 Å². The maximum Gasteiger partial charge on any atom is 0.123 e. The number of halogens is 1. The van der Waals surface area contributed by atoms with Crippen LogP contribution in [0.3, 0.4) is 0 Å². The highest BCUT2D eigenvalue weighted by molar-refractivity contribution is 5.20. The Bertz CT molecular complexity index is 363. The van der Waals surface area contributed by atoms with Crippen molar-refractivity contribution in [2.24, 2.45) is 5.41 Å². The molecule has 1 nitrogen and oxygen atoms in total. The smallest absolute Gasteiger partial charge is 0.123 e. The fraction of sp³-hybridized carbons (Fsp3) is 0.500. The van der Waals surface area contributed by atoms with Gasteiger partial charge < -0.3 is 0 Å². The molecule has 2 heteroatoms. The summed E-state index contributed by atoms with van der Waals surface area (Å²) in [4.78, 5) is 0. The summed E-state index contributed by atoms with van der Waals surface area (Å²) < 4.78 is 12.8. The van der Waals surface area contributed by atoms with Gasteiger partial charge in [0.15, 0.2) is 0 Å². The first-order valence-corrected chi connectivity index (χ1v) is 5.81. The van der Waals surface area contributed by atoms with Crippen molar-refractivity contribution in [2.45, 2.75) is 39.5 Å². The van der Waals surface area contributed by atoms with Gasteiger partial charge in [-0.15, -0.1) is 0 Å². The molecule has 1 rings (SSSR count). The van der Waals surface area contributed by atoms with Crippen LogP contribution in [0.25, 0.3) is 0 Å². The van der Waals surface area contributed by atoms with Crippen molar-refractivity contribution in [3.63, 3.8) is 0 Å². The molecule has 0 aliphatic heterocycles. The second kappa shape index (κ2) is 5.65. The molecule has 86 valence electrons. The van der Waals surface area contributed by atoms with E-state index in [1.165, 1.54) is 12.1 Å². The Labute approximate surface area is 96.9 Å². The predicted octanol–water partition coefficient (Wildman–Crippen LogP) is 4.09. The van der Waals surface area contributed by atoms with Crippen LogP contribution in [-0.2, 0) is 6.42 Å². The van der Waals surface area contributed by atoms with E-state index in [1.807, 2.05) is 6.92 Å². The zero-order valence-corrected chi connectivity index (χ0v) is 9.96. The van der Waals surface area contributed by atoms with Crippen LogP contribution in [-0.4, -0.2) is 0 Å². The van der Waals surface area contributed by atoms with Crippen molar-refractivity contribution in [1.82, 2.24) is 0 Å². The van der Waals surface area contributed by atoms with Crippen LogP contribution in [0.5, 0.6) is 0 Å². The minimum atomic E-state index is -0.285. The third-order valence-electron chi connectivity index (χ3n) is 3.10. The van der Waals surface area contributed by atoms with E-state index in [-0.39, 0.29) is 11.2 Å². The Kier molecular flexibility index (Phi) is 4.49. The Morgan fingerprint density at radius 2 is 1.88 bits per heavy atom. The Balaban J connectivity index is 2.83. The molecule has 0 bridgehead atoms. The lowest BCUT2D eigenvalue weighted by Gasteiger charge is -2.24. The van der Waals surface area contributed by atoms with Gasteiger partial charge in [-0.25, -0.2) is 4.39 Å². The third kappa shape index (κ3) is 3.06. The fourth-order valence-electron chi connectivity index (χ4n) is 2.04. The monoisotopic (exact) mass is 219 g/mol. The minimum absolute atomic E-state index is 0.224. The quantitative estimate of drug-likeness (QED) is 0.731. The highest BCUT2D eigenvalue weighted by atomic mass is 19.1. The lowest BCUT2D eigenvalue weighted by molar-refractivity contribution is 0.343. The van der Waals surface area contributed by atoms with Crippen molar-refractivity contribution in [3.05, 3.63) is 35.6 Å². The summed E-state index contributed by atoms with van der Waals surface area (Å²) in [5.74, 6) is -0.224. The minimum Gasteiger partial charge on any atom is -0.207 e. The molecule has 0 saturated heterocycles. The largest absolute Gasteiger partial charge is 0.207 e. The summed E-state index contributed by atoms with van der Waals surface area (Å²) in [5, 5.41) is 9.30. The van der Waals surface area contributed by atoms with Crippen LogP contribution >= 0.6 is 0 Å². The first-order chi connectivity index (χ1) is 7.65. The molecule has 0 aliphatic carbocycles. The zero-order chi connectivity index (χ0) is 12.0. The van der Waals surface area contributed by atoms with E-state index in [0.29, 0.717) is 6.42 Å². The lowest BCUT2D eigenvalue weighted by atomic mass is 9.77. The Hall–Kier alpha value is -1.36. The fourth-order valence-corrected chi connectivity index (χ4v) is 2.04. The molecule has 1 atom stereocenters. The summed E-state index contributed by atoms with van der Waals surface area (Å²) in [6, 6.07) is 8.89. The zero-order valence-electron chi connectivity index (χ0n) is 9.96. The predicted molar refractivity (Wildman–Crippen MR) is 63.3 cm³/mol. The van der Waals surface area contributed by atoms with Gasteiger partial charge >= 0.3 is 0 Å². The lowest BCUT2D eigenvalue weighted by Crippen LogP contribution is -2.20. The molecule has 1 aromatic rings. The van der Waals surface area contributed by atoms with Gasteiger partial charge in [0, 0.05) is 0 Å². The van der Waals surface area contributed by atoms with Gasteiger partial charge in [0.1, 0.15) is 5.82 Å². The van der Waals surface area contributed by atoms with Gasteiger partial charge in [0.2, 0.25) is 0 Å². The van der Waals surface area contributed by atoms with Crippen molar-refractivity contribution < 1.29 is 4.39 Å². The Morgan fingerprint density at radius 3 is 2.31 bits per heavy atom. The Morgan fingerprint density at radius 1 is 1.25 bits per heavy atom. The van der Waals surface area contributed by atoms with Crippen LogP contribution in [0.1, 0.15) is 38.7 Å². The number of nitrogens with zero attached hydrogens (tertiary/aromatic N) is 1. The van der Waals surface area contributed by atoms with Crippen LogP contribution in [0.15, 0.2) is 24.3 Å². The molecule has 1 unspecified atom stereocenters.